The summed E-state index contributed by atoms with van der Waals surface area (Å²) in [6, 6.07) is 8.14. The van der Waals surface area contributed by atoms with Gasteiger partial charge in [0.25, 0.3) is 0 Å². The van der Waals surface area contributed by atoms with Crippen LogP contribution in [0.5, 0.6) is 0 Å². The van der Waals surface area contributed by atoms with Gasteiger partial charge in [-0.25, -0.2) is 0 Å². The lowest BCUT2D eigenvalue weighted by atomic mass is 9.36. The lowest BCUT2D eigenvalue weighted by Gasteiger charge is -2.72. The number of allylic oxidation sites excluding steroid dienone is 1. The lowest BCUT2D eigenvalue weighted by Crippen LogP contribution is -2.81. The molecule has 0 aromatic heterocycles. The average molecular weight is 380 g/mol. The lowest BCUT2D eigenvalue weighted by molar-refractivity contribution is -0.186. The van der Waals surface area contributed by atoms with Crippen molar-refractivity contribution in [1.29, 1.82) is 0 Å². The standard InChI is InChI=1S/C23H28N2O3/c1-5-15-12-25-11-10-22-16-8-6-7-9-17(16)24-18(22)21(25,3)13-20(15,2)23(22,14-26)19(27)28-4/h5-9,26H,10-14H2,1-4H3/t20-,21-,22+,23-/m0/s1. The van der Waals surface area contributed by atoms with Gasteiger partial charge < -0.3 is 9.84 Å². The van der Waals surface area contributed by atoms with E-state index in [1.54, 1.807) is 0 Å². The molecule has 3 bridgehead atoms. The second kappa shape index (κ2) is 5.33. The van der Waals surface area contributed by atoms with Crippen molar-refractivity contribution >= 4 is 17.4 Å². The van der Waals surface area contributed by atoms with Crippen LogP contribution >= 0.6 is 0 Å². The summed E-state index contributed by atoms with van der Waals surface area (Å²) in [6.45, 7) is 7.90. The van der Waals surface area contributed by atoms with E-state index in [-0.39, 0.29) is 18.1 Å². The summed E-state index contributed by atoms with van der Waals surface area (Å²) in [4.78, 5) is 21.3. The average Bonchev–Trinajstić information content (AvgIpc) is 3.04. The molecule has 5 rings (SSSR count). The molecule has 3 fully saturated rings. The maximum atomic E-state index is 13.6. The molecule has 0 spiro atoms. The number of aliphatic hydroxyl groups is 1. The van der Waals surface area contributed by atoms with Crippen LogP contribution < -0.4 is 0 Å². The number of rotatable bonds is 2. The van der Waals surface area contributed by atoms with Gasteiger partial charge in [0.2, 0.25) is 0 Å². The summed E-state index contributed by atoms with van der Waals surface area (Å²) in [5, 5.41) is 11.0. The van der Waals surface area contributed by atoms with Gasteiger partial charge in [0.05, 0.1) is 36.1 Å². The minimum atomic E-state index is -1.09. The van der Waals surface area contributed by atoms with Crippen LogP contribution in [0.3, 0.4) is 0 Å². The SMILES string of the molecule is CC=C1CN2CC[C@]34C(=Nc5ccccc53)[C@]2(C)C[C@]1(C)[C@]4(CO)C(=O)OC. The summed E-state index contributed by atoms with van der Waals surface area (Å²) in [7, 11) is 1.44. The van der Waals surface area contributed by atoms with Gasteiger partial charge >= 0.3 is 5.97 Å². The van der Waals surface area contributed by atoms with Crippen molar-refractivity contribution in [2.45, 2.75) is 44.6 Å². The number of aliphatic imine (C=N–C) groups is 1. The second-order valence-corrected chi connectivity index (χ2v) is 9.21. The molecule has 0 unspecified atom stereocenters. The van der Waals surface area contributed by atoms with Gasteiger partial charge in [-0.15, -0.1) is 0 Å². The maximum absolute atomic E-state index is 13.6. The van der Waals surface area contributed by atoms with E-state index in [1.165, 1.54) is 12.7 Å². The first-order chi connectivity index (χ1) is 13.4. The predicted molar refractivity (Wildman–Crippen MR) is 108 cm³/mol. The topological polar surface area (TPSA) is 62.1 Å². The van der Waals surface area contributed by atoms with E-state index < -0.39 is 16.2 Å². The molecule has 28 heavy (non-hydrogen) atoms. The zero-order valence-electron chi connectivity index (χ0n) is 17.1. The quantitative estimate of drug-likeness (QED) is 0.633. The summed E-state index contributed by atoms with van der Waals surface area (Å²) in [6.07, 6.45) is 3.66. The van der Waals surface area contributed by atoms with Crippen LogP contribution in [0.4, 0.5) is 5.69 Å². The van der Waals surface area contributed by atoms with Crippen molar-refractivity contribution < 1.29 is 14.6 Å². The molecule has 4 aliphatic rings. The Morgan fingerprint density at radius 2 is 2.11 bits per heavy atom. The number of benzene rings is 1. The molecule has 148 valence electrons. The fourth-order valence-electron chi connectivity index (χ4n) is 7.34. The summed E-state index contributed by atoms with van der Waals surface area (Å²) in [5.74, 6) is -0.321. The molecule has 1 aromatic rings. The van der Waals surface area contributed by atoms with Gasteiger partial charge in [0, 0.05) is 18.5 Å². The van der Waals surface area contributed by atoms with Crippen molar-refractivity contribution in [3.8, 4) is 0 Å². The van der Waals surface area contributed by atoms with E-state index in [9.17, 15) is 9.90 Å². The maximum Gasteiger partial charge on any atom is 0.316 e. The molecule has 1 saturated carbocycles. The first kappa shape index (κ1) is 18.1. The number of nitrogens with zero attached hydrogens (tertiary/aromatic N) is 2. The van der Waals surface area contributed by atoms with Crippen LogP contribution in [-0.2, 0) is 14.9 Å². The van der Waals surface area contributed by atoms with Gasteiger partial charge in [-0.3, -0.25) is 14.7 Å². The van der Waals surface area contributed by atoms with Gasteiger partial charge in [-0.05, 0) is 38.3 Å². The monoisotopic (exact) mass is 380 g/mol. The van der Waals surface area contributed by atoms with E-state index in [1.807, 2.05) is 25.1 Å². The molecule has 4 atom stereocenters. The van der Waals surface area contributed by atoms with E-state index in [2.05, 4.69) is 30.9 Å². The Bertz CT molecular complexity index is 953. The van der Waals surface area contributed by atoms with Crippen molar-refractivity contribution in [1.82, 2.24) is 4.90 Å². The van der Waals surface area contributed by atoms with Gasteiger partial charge in [-0.2, -0.15) is 0 Å². The van der Waals surface area contributed by atoms with Crippen molar-refractivity contribution in [2.24, 2.45) is 15.8 Å². The Labute approximate surface area is 166 Å². The van der Waals surface area contributed by atoms with Gasteiger partial charge in [0.1, 0.15) is 5.41 Å². The number of ether oxygens (including phenoxy) is 1. The smallest absolute Gasteiger partial charge is 0.316 e. The molecular weight excluding hydrogens is 352 g/mol. The summed E-state index contributed by atoms with van der Waals surface area (Å²) >= 11 is 0. The second-order valence-electron chi connectivity index (χ2n) is 9.21. The van der Waals surface area contributed by atoms with E-state index >= 15 is 0 Å². The molecule has 1 N–H and O–H groups in total. The number of carbonyl (C=O) groups excluding carboxylic acids is 1. The molecule has 5 nitrogen and oxygen atoms in total. The first-order valence-corrected chi connectivity index (χ1v) is 10.1. The Kier molecular flexibility index (Phi) is 3.44. The normalized spacial score (nSPS) is 42.2. The van der Waals surface area contributed by atoms with Crippen molar-refractivity contribution in [3.63, 3.8) is 0 Å². The van der Waals surface area contributed by atoms with Crippen molar-refractivity contribution in [2.75, 3.05) is 26.8 Å². The number of methoxy groups -OCH3 is 1. The Balaban J connectivity index is 1.95. The first-order valence-electron chi connectivity index (χ1n) is 10.1. The zero-order valence-corrected chi connectivity index (χ0v) is 17.1. The molecule has 1 aromatic carbocycles. The Hall–Kier alpha value is -1.98. The third-order valence-electron chi connectivity index (χ3n) is 8.52. The number of para-hydroxylation sites is 1. The molecule has 3 aliphatic heterocycles. The van der Waals surface area contributed by atoms with E-state index in [0.717, 1.165) is 42.9 Å². The third-order valence-corrected chi connectivity index (χ3v) is 8.52. The predicted octanol–water partition coefficient (Wildman–Crippen LogP) is 3.00. The summed E-state index contributed by atoms with van der Waals surface area (Å²) < 4.78 is 5.44. The minimum absolute atomic E-state index is 0.231. The number of aliphatic hydroxyl groups excluding tert-OH is 1. The number of esters is 1. The molecule has 2 saturated heterocycles. The Morgan fingerprint density at radius 3 is 2.79 bits per heavy atom. The van der Waals surface area contributed by atoms with Crippen LogP contribution in [-0.4, -0.2) is 54.0 Å². The van der Waals surface area contributed by atoms with Crippen LogP contribution in [0, 0.1) is 10.8 Å². The number of fused-ring (bicyclic) bond motifs is 2. The number of piperidine rings is 2. The number of hydrogen-bond donors (Lipinski definition) is 1. The third kappa shape index (κ3) is 1.57. The number of carbonyl (C=O) groups is 1. The highest BCUT2D eigenvalue weighted by Gasteiger charge is 2.80. The van der Waals surface area contributed by atoms with Crippen LogP contribution in [0.15, 0.2) is 40.9 Å². The fourth-order valence-corrected chi connectivity index (χ4v) is 7.34. The Morgan fingerprint density at radius 1 is 1.36 bits per heavy atom. The van der Waals surface area contributed by atoms with Crippen LogP contribution in [0.2, 0.25) is 0 Å². The highest BCUT2D eigenvalue weighted by atomic mass is 16.5. The molecule has 5 heteroatoms. The van der Waals surface area contributed by atoms with E-state index in [0.29, 0.717) is 0 Å². The van der Waals surface area contributed by atoms with Gasteiger partial charge in [0.15, 0.2) is 0 Å². The van der Waals surface area contributed by atoms with Crippen molar-refractivity contribution in [3.05, 3.63) is 41.5 Å². The van der Waals surface area contributed by atoms with Gasteiger partial charge in [-0.1, -0.05) is 36.8 Å². The fraction of sp³-hybridized carbons (Fsp3) is 0.565. The largest absolute Gasteiger partial charge is 0.468 e. The highest BCUT2D eigenvalue weighted by Crippen LogP contribution is 2.72. The highest BCUT2D eigenvalue weighted by molar-refractivity contribution is 6.13. The van der Waals surface area contributed by atoms with E-state index in [4.69, 9.17) is 9.73 Å². The minimum Gasteiger partial charge on any atom is -0.468 e. The molecule has 0 amide bonds. The van der Waals surface area contributed by atoms with Crippen LogP contribution in [0.25, 0.3) is 0 Å². The molecular formula is C23H28N2O3. The molecule has 1 aliphatic carbocycles. The number of hydrogen-bond acceptors (Lipinski definition) is 5. The summed E-state index contributed by atoms with van der Waals surface area (Å²) in [5.41, 5.74) is 1.79. The molecule has 3 heterocycles. The molecule has 0 radical (unpaired) electrons. The zero-order chi connectivity index (χ0) is 19.9. The van der Waals surface area contributed by atoms with Crippen LogP contribution in [0.1, 0.15) is 39.2 Å².